The third-order valence-corrected chi connectivity index (χ3v) is 3.43. The van der Waals surface area contributed by atoms with Gasteiger partial charge in [0.25, 0.3) is 5.91 Å². The van der Waals surface area contributed by atoms with Crippen LogP contribution in [0.5, 0.6) is 0 Å². The first-order valence-corrected chi connectivity index (χ1v) is 6.67. The predicted octanol–water partition coefficient (Wildman–Crippen LogP) is 4.50. The van der Waals surface area contributed by atoms with E-state index in [1.54, 1.807) is 18.2 Å². The third kappa shape index (κ3) is 3.31. The van der Waals surface area contributed by atoms with Gasteiger partial charge in [0, 0.05) is 21.2 Å². The Balaban J connectivity index is 2.30. The molecule has 0 aliphatic rings. The molecule has 1 N–H and O–H groups in total. The SMILES string of the molecule is Cc1ccc(Cl)cc1NC(=O)c1cc(S)ccc1C. The highest BCUT2D eigenvalue weighted by atomic mass is 35.5. The van der Waals surface area contributed by atoms with Crippen LogP contribution >= 0.6 is 24.2 Å². The number of anilines is 1. The number of rotatable bonds is 2. The molecule has 4 heteroatoms. The van der Waals surface area contributed by atoms with Crippen molar-refractivity contribution < 1.29 is 4.79 Å². The summed E-state index contributed by atoms with van der Waals surface area (Å²) in [6.07, 6.45) is 0. The maximum absolute atomic E-state index is 12.3. The van der Waals surface area contributed by atoms with E-state index in [4.69, 9.17) is 11.6 Å². The molecule has 2 nitrogen and oxygen atoms in total. The fraction of sp³-hybridized carbons (Fsp3) is 0.133. The molecule has 2 aromatic carbocycles. The highest BCUT2D eigenvalue weighted by Crippen LogP contribution is 2.22. The fourth-order valence-corrected chi connectivity index (χ4v) is 2.15. The molecular weight excluding hydrogens is 278 g/mol. The van der Waals surface area contributed by atoms with Gasteiger partial charge in [-0.1, -0.05) is 23.7 Å². The van der Waals surface area contributed by atoms with Crippen molar-refractivity contribution in [1.29, 1.82) is 0 Å². The zero-order valence-corrected chi connectivity index (χ0v) is 12.3. The van der Waals surface area contributed by atoms with Gasteiger partial charge in [0.2, 0.25) is 0 Å². The Morgan fingerprint density at radius 1 is 1.11 bits per heavy atom. The van der Waals surface area contributed by atoms with Crippen LogP contribution in [0.15, 0.2) is 41.3 Å². The van der Waals surface area contributed by atoms with Gasteiger partial charge in [0.15, 0.2) is 0 Å². The highest BCUT2D eigenvalue weighted by Gasteiger charge is 2.11. The summed E-state index contributed by atoms with van der Waals surface area (Å²) in [7, 11) is 0. The van der Waals surface area contributed by atoms with Crippen molar-refractivity contribution in [2.75, 3.05) is 5.32 Å². The second-order valence-corrected chi connectivity index (χ2v) is 5.37. The van der Waals surface area contributed by atoms with Gasteiger partial charge in [0.1, 0.15) is 0 Å². The van der Waals surface area contributed by atoms with Gasteiger partial charge in [-0.3, -0.25) is 4.79 Å². The molecule has 0 saturated carbocycles. The summed E-state index contributed by atoms with van der Waals surface area (Å²) >= 11 is 10.2. The van der Waals surface area contributed by atoms with Crippen LogP contribution < -0.4 is 5.32 Å². The maximum Gasteiger partial charge on any atom is 0.255 e. The van der Waals surface area contributed by atoms with Gasteiger partial charge in [-0.2, -0.15) is 0 Å². The van der Waals surface area contributed by atoms with E-state index >= 15 is 0 Å². The number of aryl methyl sites for hydroxylation is 2. The average molecular weight is 292 g/mol. The highest BCUT2D eigenvalue weighted by molar-refractivity contribution is 7.80. The summed E-state index contributed by atoms with van der Waals surface area (Å²) in [5.41, 5.74) is 3.22. The summed E-state index contributed by atoms with van der Waals surface area (Å²) < 4.78 is 0. The summed E-state index contributed by atoms with van der Waals surface area (Å²) in [6.45, 7) is 3.82. The van der Waals surface area contributed by atoms with E-state index < -0.39 is 0 Å². The molecule has 0 heterocycles. The molecule has 0 radical (unpaired) electrons. The van der Waals surface area contributed by atoms with E-state index in [1.807, 2.05) is 32.0 Å². The fourth-order valence-electron chi connectivity index (χ4n) is 1.77. The second kappa shape index (κ2) is 5.68. The molecular formula is C15H14ClNOS. The molecule has 0 saturated heterocycles. The summed E-state index contributed by atoms with van der Waals surface area (Å²) in [4.78, 5) is 13.0. The lowest BCUT2D eigenvalue weighted by Gasteiger charge is -2.11. The molecule has 98 valence electrons. The normalized spacial score (nSPS) is 10.3. The molecule has 2 aromatic rings. The number of carbonyl (C=O) groups is 1. The quantitative estimate of drug-likeness (QED) is 0.784. The Morgan fingerprint density at radius 3 is 2.53 bits per heavy atom. The molecule has 0 aromatic heterocycles. The lowest BCUT2D eigenvalue weighted by atomic mass is 10.1. The van der Waals surface area contributed by atoms with E-state index in [0.29, 0.717) is 10.6 Å². The van der Waals surface area contributed by atoms with Crippen molar-refractivity contribution in [2.45, 2.75) is 18.7 Å². The van der Waals surface area contributed by atoms with Crippen LogP contribution in [-0.4, -0.2) is 5.91 Å². The van der Waals surface area contributed by atoms with E-state index in [1.165, 1.54) is 0 Å². The van der Waals surface area contributed by atoms with E-state index in [0.717, 1.165) is 21.7 Å². The number of nitrogens with one attached hydrogen (secondary N) is 1. The van der Waals surface area contributed by atoms with Crippen LogP contribution in [-0.2, 0) is 0 Å². The van der Waals surface area contributed by atoms with Crippen molar-refractivity contribution in [3.63, 3.8) is 0 Å². The number of benzene rings is 2. The van der Waals surface area contributed by atoms with E-state index in [2.05, 4.69) is 17.9 Å². The summed E-state index contributed by atoms with van der Waals surface area (Å²) in [5, 5.41) is 3.48. The van der Waals surface area contributed by atoms with Gasteiger partial charge in [0.05, 0.1) is 0 Å². The number of hydrogen-bond acceptors (Lipinski definition) is 2. The van der Waals surface area contributed by atoms with Gasteiger partial charge >= 0.3 is 0 Å². The van der Waals surface area contributed by atoms with Crippen molar-refractivity contribution in [3.8, 4) is 0 Å². The minimum Gasteiger partial charge on any atom is -0.322 e. The molecule has 0 spiro atoms. The van der Waals surface area contributed by atoms with Gasteiger partial charge in [-0.25, -0.2) is 0 Å². The first kappa shape index (κ1) is 14.0. The zero-order chi connectivity index (χ0) is 14.0. The number of amides is 1. The molecule has 0 aliphatic carbocycles. The topological polar surface area (TPSA) is 29.1 Å². The van der Waals surface area contributed by atoms with Crippen LogP contribution in [0.25, 0.3) is 0 Å². The maximum atomic E-state index is 12.3. The summed E-state index contributed by atoms with van der Waals surface area (Å²) in [5.74, 6) is -0.154. The predicted molar refractivity (Wildman–Crippen MR) is 82.6 cm³/mol. The number of halogens is 1. The molecule has 0 bridgehead atoms. The van der Waals surface area contributed by atoms with Crippen molar-refractivity contribution in [3.05, 3.63) is 58.1 Å². The third-order valence-electron chi connectivity index (χ3n) is 2.91. The Bertz CT molecular complexity index is 640. The van der Waals surface area contributed by atoms with Crippen LogP contribution in [0, 0.1) is 13.8 Å². The molecule has 1 amide bonds. The lowest BCUT2D eigenvalue weighted by Crippen LogP contribution is -2.14. The van der Waals surface area contributed by atoms with Crippen LogP contribution in [0.2, 0.25) is 5.02 Å². The van der Waals surface area contributed by atoms with Gasteiger partial charge in [-0.15, -0.1) is 12.6 Å². The van der Waals surface area contributed by atoms with Crippen LogP contribution in [0.3, 0.4) is 0 Å². The second-order valence-electron chi connectivity index (χ2n) is 4.41. The molecule has 19 heavy (non-hydrogen) atoms. The minimum atomic E-state index is -0.154. The number of thiol groups is 1. The Kier molecular flexibility index (Phi) is 4.17. The van der Waals surface area contributed by atoms with Crippen molar-refractivity contribution in [2.24, 2.45) is 0 Å². The number of hydrogen-bond donors (Lipinski definition) is 2. The standard InChI is InChI=1S/C15H14ClNOS/c1-9-4-6-12(19)8-13(9)15(18)17-14-7-11(16)5-3-10(14)2/h3-8,19H,1-2H3,(H,17,18). The molecule has 0 aliphatic heterocycles. The van der Waals surface area contributed by atoms with Gasteiger partial charge in [-0.05, 0) is 49.2 Å². The van der Waals surface area contributed by atoms with E-state index in [9.17, 15) is 4.79 Å². The van der Waals surface area contributed by atoms with Crippen molar-refractivity contribution >= 4 is 35.8 Å². The Labute approximate surface area is 123 Å². The summed E-state index contributed by atoms with van der Waals surface area (Å²) in [6, 6.07) is 10.9. The lowest BCUT2D eigenvalue weighted by molar-refractivity contribution is 0.102. The molecule has 0 fully saturated rings. The van der Waals surface area contributed by atoms with Gasteiger partial charge < -0.3 is 5.32 Å². The molecule has 2 rings (SSSR count). The first-order chi connectivity index (χ1) is 8.97. The number of carbonyl (C=O) groups excluding carboxylic acids is 1. The monoisotopic (exact) mass is 291 g/mol. The van der Waals surface area contributed by atoms with E-state index in [-0.39, 0.29) is 5.91 Å². The zero-order valence-electron chi connectivity index (χ0n) is 10.7. The Hall–Kier alpha value is -1.45. The molecule has 0 unspecified atom stereocenters. The van der Waals surface area contributed by atoms with Crippen LogP contribution in [0.4, 0.5) is 5.69 Å². The minimum absolute atomic E-state index is 0.154. The molecule has 0 atom stereocenters. The first-order valence-electron chi connectivity index (χ1n) is 5.84. The smallest absolute Gasteiger partial charge is 0.255 e. The average Bonchev–Trinajstić information content (AvgIpc) is 2.36. The largest absolute Gasteiger partial charge is 0.322 e. The Morgan fingerprint density at radius 2 is 1.79 bits per heavy atom. The van der Waals surface area contributed by atoms with Crippen LogP contribution in [0.1, 0.15) is 21.5 Å². The van der Waals surface area contributed by atoms with Crippen molar-refractivity contribution in [1.82, 2.24) is 0 Å².